The van der Waals surface area contributed by atoms with Crippen molar-refractivity contribution in [3.63, 3.8) is 0 Å². The van der Waals surface area contributed by atoms with Crippen molar-refractivity contribution in [2.24, 2.45) is 0 Å². The summed E-state index contributed by atoms with van der Waals surface area (Å²) in [5, 5.41) is -0.274. The largest absolute Gasteiger partial charge is 0.302 e. The molecule has 0 aliphatic heterocycles. The maximum atomic E-state index is 10.1. The van der Waals surface area contributed by atoms with E-state index in [1.807, 2.05) is 6.08 Å². The summed E-state index contributed by atoms with van der Waals surface area (Å²) in [4.78, 5) is 10.1. The number of hydrogen-bond donors (Lipinski definition) is 0. The Morgan fingerprint density at radius 1 is 1.25 bits per heavy atom. The van der Waals surface area contributed by atoms with Crippen molar-refractivity contribution < 1.29 is 4.79 Å². The number of aldehydes is 1. The number of allylic oxidation sites excluding steroid dienone is 1. The molecule has 70 valence electrons. The number of unbranched alkanes of at least 4 members (excludes halogenated alkanes) is 4. The SMILES string of the molecule is C=CCCCCCC[C@H](Cl)C=O. The predicted octanol–water partition coefficient (Wildman–Crippen LogP) is 3.32. The monoisotopic (exact) mass is 188 g/mol. The van der Waals surface area contributed by atoms with E-state index >= 15 is 0 Å². The van der Waals surface area contributed by atoms with Gasteiger partial charge < -0.3 is 4.79 Å². The highest BCUT2D eigenvalue weighted by Gasteiger charge is 2.00. The molecule has 0 saturated heterocycles. The van der Waals surface area contributed by atoms with Crippen LogP contribution >= 0.6 is 11.6 Å². The molecule has 0 rings (SSSR count). The third-order valence-corrected chi connectivity index (χ3v) is 2.11. The molecule has 0 radical (unpaired) electrons. The predicted molar refractivity (Wildman–Crippen MR) is 53.6 cm³/mol. The summed E-state index contributed by atoms with van der Waals surface area (Å²) in [6.45, 7) is 3.65. The van der Waals surface area contributed by atoms with E-state index in [4.69, 9.17) is 11.6 Å². The highest BCUT2D eigenvalue weighted by atomic mass is 35.5. The molecule has 0 N–H and O–H groups in total. The van der Waals surface area contributed by atoms with Crippen LogP contribution in [0.1, 0.15) is 38.5 Å². The fourth-order valence-corrected chi connectivity index (χ4v) is 1.20. The topological polar surface area (TPSA) is 17.1 Å². The van der Waals surface area contributed by atoms with Gasteiger partial charge in [0.1, 0.15) is 6.29 Å². The maximum Gasteiger partial charge on any atom is 0.137 e. The Balaban J connectivity index is 2.99. The first kappa shape index (κ1) is 11.7. The van der Waals surface area contributed by atoms with Gasteiger partial charge in [-0.05, 0) is 19.3 Å². The summed E-state index contributed by atoms with van der Waals surface area (Å²) >= 11 is 5.62. The Hall–Kier alpha value is -0.300. The molecule has 12 heavy (non-hydrogen) atoms. The first-order valence-corrected chi connectivity index (χ1v) is 4.95. The van der Waals surface area contributed by atoms with Gasteiger partial charge in [0.25, 0.3) is 0 Å². The first-order chi connectivity index (χ1) is 5.81. The lowest BCUT2D eigenvalue weighted by Crippen LogP contribution is -1.98. The van der Waals surface area contributed by atoms with Gasteiger partial charge in [0, 0.05) is 0 Å². The van der Waals surface area contributed by atoms with Gasteiger partial charge in [-0.3, -0.25) is 0 Å². The van der Waals surface area contributed by atoms with Crippen LogP contribution in [0.25, 0.3) is 0 Å². The van der Waals surface area contributed by atoms with Gasteiger partial charge in [-0.25, -0.2) is 0 Å². The highest BCUT2D eigenvalue weighted by Crippen LogP contribution is 2.09. The van der Waals surface area contributed by atoms with Crippen LogP contribution in [-0.4, -0.2) is 11.7 Å². The van der Waals surface area contributed by atoms with E-state index in [0.717, 1.165) is 25.5 Å². The molecule has 0 fully saturated rings. The molecule has 0 aromatic carbocycles. The van der Waals surface area contributed by atoms with Crippen molar-refractivity contribution in [2.45, 2.75) is 43.9 Å². The zero-order valence-electron chi connectivity index (χ0n) is 7.47. The highest BCUT2D eigenvalue weighted by molar-refractivity contribution is 6.27. The van der Waals surface area contributed by atoms with E-state index in [1.165, 1.54) is 19.3 Å². The molecule has 1 nitrogen and oxygen atoms in total. The minimum Gasteiger partial charge on any atom is -0.302 e. The van der Waals surface area contributed by atoms with Crippen LogP contribution in [0.15, 0.2) is 12.7 Å². The third-order valence-electron chi connectivity index (χ3n) is 1.79. The van der Waals surface area contributed by atoms with E-state index in [1.54, 1.807) is 0 Å². The number of hydrogen-bond acceptors (Lipinski definition) is 1. The molecule has 0 heterocycles. The van der Waals surface area contributed by atoms with Gasteiger partial charge in [0.2, 0.25) is 0 Å². The Labute approximate surface area is 79.8 Å². The molecular formula is C10H17ClO. The van der Waals surface area contributed by atoms with Crippen LogP contribution in [0.2, 0.25) is 0 Å². The molecule has 0 aliphatic carbocycles. The first-order valence-electron chi connectivity index (χ1n) is 4.51. The summed E-state index contributed by atoms with van der Waals surface area (Å²) in [5.41, 5.74) is 0. The zero-order valence-corrected chi connectivity index (χ0v) is 8.22. The average Bonchev–Trinajstić information content (AvgIpc) is 2.10. The fourth-order valence-electron chi connectivity index (χ4n) is 1.05. The summed E-state index contributed by atoms with van der Waals surface area (Å²) in [6, 6.07) is 0. The number of halogens is 1. The summed E-state index contributed by atoms with van der Waals surface area (Å²) in [6.07, 6.45) is 9.32. The Bertz CT molecular complexity index is 123. The lowest BCUT2D eigenvalue weighted by molar-refractivity contribution is -0.107. The molecule has 0 bridgehead atoms. The van der Waals surface area contributed by atoms with Crippen LogP contribution < -0.4 is 0 Å². The molecule has 0 aromatic rings. The van der Waals surface area contributed by atoms with Gasteiger partial charge in [-0.1, -0.05) is 25.3 Å². The molecule has 0 unspecified atom stereocenters. The van der Waals surface area contributed by atoms with Gasteiger partial charge in [-0.2, -0.15) is 0 Å². The molecule has 0 aromatic heterocycles. The van der Waals surface area contributed by atoms with Crippen molar-refractivity contribution in [1.82, 2.24) is 0 Å². The van der Waals surface area contributed by atoms with Crippen molar-refractivity contribution in [2.75, 3.05) is 0 Å². The number of alkyl halides is 1. The lowest BCUT2D eigenvalue weighted by Gasteiger charge is -2.00. The molecule has 1 atom stereocenters. The van der Waals surface area contributed by atoms with Crippen LogP contribution in [0.3, 0.4) is 0 Å². The Morgan fingerprint density at radius 2 is 1.92 bits per heavy atom. The zero-order chi connectivity index (χ0) is 9.23. The fraction of sp³-hybridized carbons (Fsp3) is 0.700. The molecule has 2 heteroatoms. The van der Waals surface area contributed by atoms with E-state index in [0.29, 0.717) is 0 Å². The molecule has 0 spiro atoms. The second-order valence-electron chi connectivity index (χ2n) is 2.93. The summed E-state index contributed by atoms with van der Waals surface area (Å²) in [7, 11) is 0. The average molecular weight is 189 g/mol. The van der Waals surface area contributed by atoms with E-state index < -0.39 is 0 Å². The quantitative estimate of drug-likeness (QED) is 0.247. The number of carbonyl (C=O) groups is 1. The minimum absolute atomic E-state index is 0.274. The van der Waals surface area contributed by atoms with Crippen LogP contribution in [0, 0.1) is 0 Å². The third kappa shape index (κ3) is 7.80. The van der Waals surface area contributed by atoms with Crippen LogP contribution in [0.5, 0.6) is 0 Å². The van der Waals surface area contributed by atoms with Crippen molar-refractivity contribution in [3.8, 4) is 0 Å². The van der Waals surface area contributed by atoms with Crippen LogP contribution in [0.4, 0.5) is 0 Å². The molecular weight excluding hydrogens is 172 g/mol. The van der Waals surface area contributed by atoms with E-state index in [-0.39, 0.29) is 5.38 Å². The number of rotatable bonds is 8. The molecule has 0 amide bonds. The standard InChI is InChI=1S/C10H17ClO/c1-2-3-4-5-6-7-8-10(11)9-12/h2,9-10H,1,3-8H2/t10-/m0/s1. The van der Waals surface area contributed by atoms with Crippen molar-refractivity contribution in [3.05, 3.63) is 12.7 Å². The second kappa shape index (κ2) is 8.79. The second-order valence-corrected chi connectivity index (χ2v) is 3.49. The van der Waals surface area contributed by atoms with Gasteiger partial charge >= 0.3 is 0 Å². The van der Waals surface area contributed by atoms with Crippen LogP contribution in [-0.2, 0) is 4.79 Å². The smallest absolute Gasteiger partial charge is 0.137 e. The molecule has 0 saturated carbocycles. The Kier molecular flexibility index (Phi) is 8.57. The lowest BCUT2D eigenvalue weighted by atomic mass is 10.1. The number of carbonyl (C=O) groups excluding carboxylic acids is 1. The minimum atomic E-state index is -0.274. The van der Waals surface area contributed by atoms with Gasteiger partial charge in [0.05, 0.1) is 5.38 Å². The van der Waals surface area contributed by atoms with Gasteiger partial charge in [0.15, 0.2) is 0 Å². The summed E-state index contributed by atoms with van der Waals surface area (Å²) in [5.74, 6) is 0. The molecule has 0 aliphatic rings. The van der Waals surface area contributed by atoms with Crippen molar-refractivity contribution >= 4 is 17.9 Å². The van der Waals surface area contributed by atoms with E-state index in [2.05, 4.69) is 6.58 Å². The van der Waals surface area contributed by atoms with E-state index in [9.17, 15) is 4.79 Å². The van der Waals surface area contributed by atoms with Crippen molar-refractivity contribution in [1.29, 1.82) is 0 Å². The summed E-state index contributed by atoms with van der Waals surface area (Å²) < 4.78 is 0. The maximum absolute atomic E-state index is 10.1. The Morgan fingerprint density at radius 3 is 2.50 bits per heavy atom. The van der Waals surface area contributed by atoms with Gasteiger partial charge in [-0.15, -0.1) is 18.2 Å². The normalized spacial score (nSPS) is 12.4.